The van der Waals surface area contributed by atoms with Crippen LogP contribution in [-0.2, 0) is 66.7 Å². The first kappa shape index (κ1) is 56.9. The molecule has 0 bridgehead atoms. The molecule has 0 aliphatic carbocycles. The van der Waals surface area contributed by atoms with Crippen molar-refractivity contribution in [3.8, 4) is 0 Å². The first-order valence-electron chi connectivity index (χ1n) is 17.5. The number of cyclic esters (lactones) is 3. The molecule has 0 amide bonds. The van der Waals surface area contributed by atoms with Gasteiger partial charge in [0.1, 0.15) is 13.2 Å². The number of ether oxygens (including phenoxy) is 7. The van der Waals surface area contributed by atoms with Crippen molar-refractivity contribution in [2.45, 2.75) is 144 Å². The zero-order valence-corrected chi connectivity index (χ0v) is 30.7. The molecular weight excluding hydrogens is 720 g/mol. The van der Waals surface area contributed by atoms with E-state index in [9.17, 15) is 33.6 Å². The minimum absolute atomic E-state index is 0. The molecule has 18 heteroatoms. The second-order valence-electron chi connectivity index (χ2n) is 11.3. The molecule has 0 aromatic rings. The highest BCUT2D eigenvalue weighted by Gasteiger charge is 2.32. The molecule has 2 fully saturated rings. The molecule has 2 aliphatic heterocycles. The topological polar surface area (TPSA) is 265 Å². The summed E-state index contributed by atoms with van der Waals surface area (Å²) >= 11 is 0. The Hall–Kier alpha value is -3.87. The predicted molar refractivity (Wildman–Crippen MR) is 192 cm³/mol. The highest BCUT2D eigenvalue weighted by atomic mass is 16.6. The summed E-state index contributed by atoms with van der Waals surface area (Å²) in [4.78, 5) is 78.5. The average Bonchev–Trinajstić information content (AvgIpc) is 3.37. The fourth-order valence-corrected chi connectivity index (χ4v) is 3.69. The Balaban J connectivity index is -0.000000417. The lowest BCUT2D eigenvalue weighted by Gasteiger charge is -2.22. The molecule has 4 N–H and O–H groups in total. The first-order valence-corrected chi connectivity index (χ1v) is 17.5. The molecule has 18 nitrogen and oxygen atoms in total. The van der Waals surface area contributed by atoms with Crippen LogP contribution in [0, 0.1) is 0 Å². The van der Waals surface area contributed by atoms with Crippen LogP contribution < -0.4 is 0 Å². The summed E-state index contributed by atoms with van der Waals surface area (Å²) in [6.45, 7) is 5.76. The summed E-state index contributed by atoms with van der Waals surface area (Å²) in [5, 5.41) is 32.6. The molecule has 0 aromatic carbocycles. The van der Waals surface area contributed by atoms with Gasteiger partial charge in [-0.25, -0.2) is 19.2 Å². The second-order valence-corrected chi connectivity index (χ2v) is 11.3. The van der Waals surface area contributed by atoms with E-state index in [1.165, 1.54) is 27.7 Å². The number of carbonyl (C=O) groups excluding carboxylic acids is 7. The number of aliphatic hydroxyl groups is 4. The zero-order chi connectivity index (χ0) is 39.7. The number of esters is 7. The van der Waals surface area contributed by atoms with Crippen molar-refractivity contribution in [1.82, 2.24) is 0 Å². The van der Waals surface area contributed by atoms with Gasteiger partial charge in [-0.15, -0.1) is 0 Å². The van der Waals surface area contributed by atoms with Gasteiger partial charge in [-0.05, 0) is 72.6 Å². The number of carbonyl (C=O) groups is 7. The molecule has 2 saturated heterocycles. The Morgan fingerprint density at radius 3 is 1.41 bits per heavy atom. The van der Waals surface area contributed by atoms with E-state index >= 15 is 0 Å². The van der Waals surface area contributed by atoms with E-state index in [-0.39, 0.29) is 73.3 Å². The lowest BCUT2D eigenvalue weighted by molar-refractivity contribution is -0.191. The van der Waals surface area contributed by atoms with Crippen molar-refractivity contribution in [3.63, 3.8) is 0 Å². The molecule has 0 aromatic heterocycles. The van der Waals surface area contributed by atoms with Crippen molar-refractivity contribution < 1.29 is 87.1 Å². The maximum atomic E-state index is 11.8. The van der Waals surface area contributed by atoms with Gasteiger partial charge in [-0.1, -0.05) is 27.7 Å². The van der Waals surface area contributed by atoms with Gasteiger partial charge in [0.05, 0.1) is 19.8 Å². The van der Waals surface area contributed by atoms with Gasteiger partial charge in [0.15, 0.2) is 24.4 Å². The molecule has 0 radical (unpaired) electrons. The molecule has 4 unspecified atom stereocenters. The summed E-state index contributed by atoms with van der Waals surface area (Å²) in [5.41, 5.74) is 0. The quantitative estimate of drug-likeness (QED) is 0.0881. The van der Waals surface area contributed by atoms with Gasteiger partial charge in [-0.2, -0.15) is 0 Å². The largest absolute Gasteiger partial charge is 0.466 e. The minimum Gasteiger partial charge on any atom is -0.466 e. The molecule has 2 aliphatic rings. The monoisotopic (exact) mass is 786 g/mol. The van der Waals surface area contributed by atoms with Gasteiger partial charge in [0.2, 0.25) is 0 Å². The van der Waals surface area contributed by atoms with Crippen molar-refractivity contribution in [2.24, 2.45) is 0 Å². The zero-order valence-electron chi connectivity index (χ0n) is 30.7. The van der Waals surface area contributed by atoms with Crippen LogP contribution in [0.3, 0.4) is 0 Å². The Labute approximate surface area is 319 Å². The van der Waals surface area contributed by atoms with Crippen LogP contribution in [0.4, 0.5) is 0 Å². The molecule has 0 spiro atoms. The smallest absolute Gasteiger partial charge is 0.347 e. The van der Waals surface area contributed by atoms with Crippen LogP contribution in [0.2, 0.25) is 0 Å². The Kier molecular flexibility index (Phi) is 39.4. The molecule has 4 atom stereocenters. The van der Waals surface area contributed by atoms with Crippen molar-refractivity contribution in [1.29, 1.82) is 0 Å². The van der Waals surface area contributed by atoms with E-state index < -0.39 is 60.2 Å². The summed E-state index contributed by atoms with van der Waals surface area (Å²) in [7, 11) is 0. The van der Waals surface area contributed by atoms with E-state index in [2.05, 4.69) is 9.47 Å². The third kappa shape index (κ3) is 32.8. The van der Waals surface area contributed by atoms with E-state index in [4.69, 9.17) is 44.1 Å². The predicted octanol–water partition coefficient (Wildman–Crippen LogP) is 2.25. The van der Waals surface area contributed by atoms with Gasteiger partial charge >= 0.3 is 41.8 Å². The summed E-state index contributed by atoms with van der Waals surface area (Å²) in [6.07, 6.45) is 4.15. The Morgan fingerprint density at radius 2 is 1.04 bits per heavy atom. The average molecular weight is 787 g/mol. The fraction of sp³-hybridized carbons (Fsp3) is 0.806. The van der Waals surface area contributed by atoms with Gasteiger partial charge in [0.25, 0.3) is 0 Å². The number of aliphatic hydroxyl groups excluding tert-OH is 4. The van der Waals surface area contributed by atoms with Crippen LogP contribution in [0.25, 0.3) is 0 Å². The van der Waals surface area contributed by atoms with Crippen LogP contribution in [0.15, 0.2) is 0 Å². The van der Waals surface area contributed by atoms with E-state index in [1.54, 1.807) is 0 Å². The minimum atomic E-state index is -1.09. The summed E-state index contributed by atoms with van der Waals surface area (Å²) in [5.74, 6) is -3.58. The lowest BCUT2D eigenvalue weighted by atomic mass is 10.2. The second kappa shape index (κ2) is 37.4. The Bertz CT molecular complexity index is 955. The van der Waals surface area contributed by atoms with Crippen molar-refractivity contribution in [2.75, 3.05) is 46.2 Å². The SMILES string of the molecule is C.C.CC(OC(=O)CCCCCO)C(=O)OCCOC(=O)C(C)OC(=O)CCCCCO.CC1OC(=O)C(C)OC1=O.O=C1CCCCCO1.OCCO. The van der Waals surface area contributed by atoms with Crippen molar-refractivity contribution >= 4 is 41.8 Å². The molecule has 0 saturated carbocycles. The summed E-state index contributed by atoms with van der Waals surface area (Å²) in [6, 6.07) is 0. The summed E-state index contributed by atoms with van der Waals surface area (Å²) < 4.78 is 33.6. The molecule has 318 valence electrons. The third-order valence-corrected chi connectivity index (χ3v) is 6.57. The molecular formula is C36H66O18. The maximum absolute atomic E-state index is 11.8. The molecule has 2 rings (SSSR count). The Morgan fingerprint density at radius 1 is 0.630 bits per heavy atom. The standard InChI is InChI=1S/C20H34O10.C6H8O4.C6H10O2.C2H6O2.2CH4/c1-15(29-17(23)9-5-3-7-11-21)19(25)27-13-14-28-20(26)16(2)30-18(24)10-6-4-8-12-22;1-3-5(7)10-4(2)6(8)9-3;7-6-4-2-1-3-5-8-6;3-1-2-4;;/h15-16,21-22H,3-14H2,1-2H3;3-4H,1-2H3;1-5H2;3-4H,1-2H2;2*1H4. The van der Waals surface area contributed by atoms with Crippen LogP contribution in [0.1, 0.15) is 120 Å². The van der Waals surface area contributed by atoms with Gasteiger partial charge in [-0.3, -0.25) is 14.4 Å². The highest BCUT2D eigenvalue weighted by Crippen LogP contribution is 2.09. The van der Waals surface area contributed by atoms with Crippen molar-refractivity contribution in [3.05, 3.63) is 0 Å². The number of hydrogen-bond acceptors (Lipinski definition) is 18. The van der Waals surface area contributed by atoms with Crippen LogP contribution in [0.5, 0.6) is 0 Å². The van der Waals surface area contributed by atoms with E-state index in [0.29, 0.717) is 51.6 Å². The normalized spacial score (nSPS) is 16.9. The van der Waals surface area contributed by atoms with Gasteiger partial charge in [0, 0.05) is 32.5 Å². The number of hydrogen-bond donors (Lipinski definition) is 4. The first-order chi connectivity index (χ1) is 24.7. The number of unbranched alkanes of at least 4 members (excludes halogenated alkanes) is 4. The lowest BCUT2D eigenvalue weighted by Crippen LogP contribution is -2.40. The molecule has 2 heterocycles. The van der Waals surface area contributed by atoms with Crippen LogP contribution >= 0.6 is 0 Å². The fourth-order valence-electron chi connectivity index (χ4n) is 3.69. The number of rotatable bonds is 18. The third-order valence-electron chi connectivity index (χ3n) is 6.57. The van der Waals surface area contributed by atoms with E-state index in [0.717, 1.165) is 19.3 Å². The maximum Gasteiger partial charge on any atom is 0.347 e. The van der Waals surface area contributed by atoms with Crippen LogP contribution in [-0.4, -0.2) is 133 Å². The highest BCUT2D eigenvalue weighted by molar-refractivity contribution is 5.86. The van der Waals surface area contributed by atoms with Gasteiger partial charge < -0.3 is 53.6 Å². The van der Waals surface area contributed by atoms with E-state index in [1.807, 2.05) is 0 Å². The molecule has 54 heavy (non-hydrogen) atoms.